The Kier molecular flexibility index (Phi) is 4.11. The SMILES string of the molecule is CN(C)CCCN1C=C(c2ccc3nc(N)nn3c2)C=CC1. The Hall–Kier alpha value is -2.34. The molecular formula is C16H22N6. The highest BCUT2D eigenvalue weighted by molar-refractivity contribution is 5.74. The van der Waals surface area contributed by atoms with Crippen LogP contribution in [0.15, 0.2) is 36.7 Å². The minimum atomic E-state index is 0.302. The Morgan fingerprint density at radius 2 is 2.18 bits per heavy atom. The van der Waals surface area contributed by atoms with Crippen LogP contribution in [0, 0.1) is 0 Å². The molecule has 0 aromatic carbocycles. The first kappa shape index (κ1) is 14.6. The number of nitrogens with two attached hydrogens (primary N) is 1. The van der Waals surface area contributed by atoms with Gasteiger partial charge in [-0.1, -0.05) is 12.2 Å². The lowest BCUT2D eigenvalue weighted by Crippen LogP contribution is -2.24. The van der Waals surface area contributed by atoms with Gasteiger partial charge in [0.05, 0.1) is 0 Å². The molecule has 0 radical (unpaired) electrons. The van der Waals surface area contributed by atoms with Crippen molar-refractivity contribution in [1.29, 1.82) is 0 Å². The maximum Gasteiger partial charge on any atom is 0.240 e. The van der Waals surface area contributed by atoms with Gasteiger partial charge >= 0.3 is 0 Å². The van der Waals surface area contributed by atoms with Crippen LogP contribution in [0.5, 0.6) is 0 Å². The van der Waals surface area contributed by atoms with Gasteiger partial charge in [-0.05, 0) is 44.8 Å². The number of anilines is 1. The van der Waals surface area contributed by atoms with E-state index in [0.29, 0.717) is 5.95 Å². The van der Waals surface area contributed by atoms with E-state index in [0.717, 1.165) is 37.3 Å². The third-order valence-electron chi connectivity index (χ3n) is 3.69. The number of hydrogen-bond donors (Lipinski definition) is 1. The Bertz CT molecular complexity index is 712. The second-order valence-corrected chi connectivity index (χ2v) is 5.83. The van der Waals surface area contributed by atoms with Crippen LogP contribution in [0.1, 0.15) is 12.0 Å². The predicted octanol–water partition coefficient (Wildman–Crippen LogP) is 1.48. The van der Waals surface area contributed by atoms with Crippen molar-refractivity contribution in [3.05, 3.63) is 42.2 Å². The van der Waals surface area contributed by atoms with E-state index in [2.05, 4.69) is 58.4 Å². The monoisotopic (exact) mass is 298 g/mol. The second kappa shape index (κ2) is 6.19. The van der Waals surface area contributed by atoms with Crippen molar-refractivity contribution in [3.63, 3.8) is 0 Å². The zero-order chi connectivity index (χ0) is 15.5. The third-order valence-corrected chi connectivity index (χ3v) is 3.69. The molecule has 6 heteroatoms. The van der Waals surface area contributed by atoms with Crippen molar-refractivity contribution < 1.29 is 0 Å². The Morgan fingerprint density at radius 3 is 3.00 bits per heavy atom. The summed E-state index contributed by atoms with van der Waals surface area (Å²) in [4.78, 5) is 8.71. The first-order chi connectivity index (χ1) is 10.6. The van der Waals surface area contributed by atoms with Gasteiger partial charge < -0.3 is 15.5 Å². The molecule has 2 aromatic rings. The Morgan fingerprint density at radius 1 is 1.32 bits per heavy atom. The number of fused-ring (bicyclic) bond motifs is 1. The molecule has 3 heterocycles. The van der Waals surface area contributed by atoms with Crippen LogP contribution in [0.25, 0.3) is 11.2 Å². The molecule has 0 amide bonds. The lowest BCUT2D eigenvalue weighted by Gasteiger charge is -2.24. The van der Waals surface area contributed by atoms with Crippen LogP contribution in [0.2, 0.25) is 0 Å². The number of nitrogens with zero attached hydrogens (tertiary/aromatic N) is 5. The van der Waals surface area contributed by atoms with Crippen LogP contribution in [0.4, 0.5) is 5.95 Å². The molecule has 1 aliphatic heterocycles. The van der Waals surface area contributed by atoms with Crippen molar-refractivity contribution in [2.24, 2.45) is 0 Å². The number of rotatable bonds is 5. The lowest BCUT2D eigenvalue weighted by molar-refractivity contribution is 0.343. The Labute approximate surface area is 130 Å². The molecule has 116 valence electrons. The number of pyridine rings is 1. The molecule has 2 N–H and O–H groups in total. The van der Waals surface area contributed by atoms with Gasteiger partial charge in [0.25, 0.3) is 0 Å². The van der Waals surface area contributed by atoms with Gasteiger partial charge in [-0.25, -0.2) is 4.52 Å². The topological polar surface area (TPSA) is 62.7 Å². The van der Waals surface area contributed by atoms with E-state index in [1.54, 1.807) is 4.52 Å². The summed E-state index contributed by atoms with van der Waals surface area (Å²) in [6.07, 6.45) is 9.70. The summed E-state index contributed by atoms with van der Waals surface area (Å²) in [5, 5.41) is 4.17. The summed E-state index contributed by atoms with van der Waals surface area (Å²) in [5.74, 6) is 0.302. The van der Waals surface area contributed by atoms with E-state index in [1.165, 1.54) is 5.57 Å². The fourth-order valence-corrected chi connectivity index (χ4v) is 2.60. The predicted molar refractivity (Wildman–Crippen MR) is 89.3 cm³/mol. The maximum atomic E-state index is 5.64. The van der Waals surface area contributed by atoms with E-state index in [4.69, 9.17) is 5.73 Å². The van der Waals surface area contributed by atoms with Gasteiger partial charge in [0, 0.05) is 31.0 Å². The van der Waals surface area contributed by atoms with Gasteiger partial charge in [-0.3, -0.25) is 0 Å². The van der Waals surface area contributed by atoms with Crippen molar-refractivity contribution >= 4 is 17.2 Å². The minimum absolute atomic E-state index is 0.302. The van der Waals surface area contributed by atoms with Gasteiger partial charge in [0.15, 0.2) is 5.65 Å². The van der Waals surface area contributed by atoms with Crippen LogP contribution in [0.3, 0.4) is 0 Å². The average Bonchev–Trinajstić information content (AvgIpc) is 2.86. The molecule has 22 heavy (non-hydrogen) atoms. The van der Waals surface area contributed by atoms with Crippen molar-refractivity contribution in [1.82, 2.24) is 24.4 Å². The van der Waals surface area contributed by atoms with Crippen LogP contribution < -0.4 is 5.73 Å². The van der Waals surface area contributed by atoms with Gasteiger partial charge in [-0.2, -0.15) is 4.98 Å². The number of hydrogen-bond acceptors (Lipinski definition) is 5. The summed E-state index contributed by atoms with van der Waals surface area (Å²) in [7, 11) is 4.22. The zero-order valence-electron chi connectivity index (χ0n) is 13.1. The first-order valence-electron chi connectivity index (χ1n) is 7.51. The molecular weight excluding hydrogens is 276 g/mol. The molecule has 0 atom stereocenters. The van der Waals surface area contributed by atoms with Gasteiger partial charge in [-0.15, -0.1) is 5.10 Å². The van der Waals surface area contributed by atoms with Crippen molar-refractivity contribution in [2.75, 3.05) is 39.5 Å². The zero-order valence-corrected chi connectivity index (χ0v) is 13.1. The van der Waals surface area contributed by atoms with E-state index in [1.807, 2.05) is 12.3 Å². The van der Waals surface area contributed by atoms with Crippen LogP contribution >= 0.6 is 0 Å². The third kappa shape index (κ3) is 3.28. The lowest BCUT2D eigenvalue weighted by atomic mass is 10.1. The molecule has 0 unspecified atom stereocenters. The first-order valence-corrected chi connectivity index (χ1v) is 7.51. The number of aromatic nitrogens is 3. The number of allylic oxidation sites excluding steroid dienone is 2. The average molecular weight is 298 g/mol. The molecule has 3 rings (SSSR count). The van der Waals surface area contributed by atoms with E-state index in [9.17, 15) is 0 Å². The molecule has 6 nitrogen and oxygen atoms in total. The fraction of sp³-hybridized carbons (Fsp3) is 0.375. The van der Waals surface area contributed by atoms with Gasteiger partial charge in [0.1, 0.15) is 0 Å². The molecule has 0 saturated heterocycles. The molecule has 0 fully saturated rings. The summed E-state index contributed by atoms with van der Waals surface area (Å²) in [5.41, 5.74) is 8.71. The molecule has 1 aliphatic rings. The van der Waals surface area contributed by atoms with E-state index >= 15 is 0 Å². The highest BCUT2D eigenvalue weighted by Gasteiger charge is 2.09. The summed E-state index contributed by atoms with van der Waals surface area (Å²) in [6, 6.07) is 4.00. The van der Waals surface area contributed by atoms with E-state index < -0.39 is 0 Å². The molecule has 2 aromatic heterocycles. The molecule has 0 spiro atoms. The fourth-order valence-electron chi connectivity index (χ4n) is 2.60. The van der Waals surface area contributed by atoms with Gasteiger partial charge in [0.2, 0.25) is 5.95 Å². The molecule has 0 saturated carbocycles. The summed E-state index contributed by atoms with van der Waals surface area (Å²) in [6.45, 7) is 3.13. The Balaban J connectivity index is 1.76. The van der Waals surface area contributed by atoms with Crippen molar-refractivity contribution in [3.8, 4) is 0 Å². The quantitative estimate of drug-likeness (QED) is 0.906. The van der Waals surface area contributed by atoms with Crippen molar-refractivity contribution in [2.45, 2.75) is 6.42 Å². The summed E-state index contributed by atoms with van der Waals surface area (Å²) < 4.78 is 1.73. The maximum absolute atomic E-state index is 5.64. The number of nitrogen functional groups attached to an aromatic ring is 1. The normalized spacial score (nSPS) is 14.9. The standard InChI is InChI=1S/C16H22N6/c1-20(2)8-4-10-21-9-3-5-13(11-21)14-6-7-15-18-16(17)19-22(15)12-14/h3,5-7,11-12H,4,8-10H2,1-2H3,(H2,17,19). The highest BCUT2D eigenvalue weighted by Crippen LogP contribution is 2.20. The smallest absolute Gasteiger partial charge is 0.240 e. The second-order valence-electron chi connectivity index (χ2n) is 5.83. The van der Waals surface area contributed by atoms with Crippen LogP contribution in [-0.2, 0) is 0 Å². The summed E-state index contributed by atoms with van der Waals surface area (Å²) >= 11 is 0. The minimum Gasteiger partial charge on any atom is -0.373 e. The molecule has 0 aliphatic carbocycles. The largest absolute Gasteiger partial charge is 0.373 e. The van der Waals surface area contributed by atoms with E-state index in [-0.39, 0.29) is 0 Å². The van der Waals surface area contributed by atoms with Crippen LogP contribution in [-0.4, -0.2) is 58.1 Å². The highest BCUT2D eigenvalue weighted by atomic mass is 15.3. The molecule has 0 bridgehead atoms.